The first kappa shape index (κ1) is 10.7. The standard InChI is InChI=1S/C10H8Br2N2O/c1-15-8-5-3-2-4-7(8)14-9(11)6-13-10(14)12/h2-6H,1H3. The number of ether oxygens (including phenoxy) is 1. The van der Waals surface area contributed by atoms with E-state index in [4.69, 9.17) is 4.74 Å². The van der Waals surface area contributed by atoms with Crippen molar-refractivity contribution in [2.45, 2.75) is 0 Å². The van der Waals surface area contributed by atoms with Gasteiger partial charge in [0.2, 0.25) is 0 Å². The minimum absolute atomic E-state index is 0.735. The molecule has 0 radical (unpaired) electrons. The van der Waals surface area contributed by atoms with Crippen LogP contribution in [0.4, 0.5) is 0 Å². The van der Waals surface area contributed by atoms with Crippen LogP contribution in [0.3, 0.4) is 0 Å². The summed E-state index contributed by atoms with van der Waals surface area (Å²) in [5.41, 5.74) is 0.941. The number of hydrogen-bond donors (Lipinski definition) is 0. The predicted octanol–water partition coefficient (Wildman–Crippen LogP) is 3.41. The van der Waals surface area contributed by atoms with Gasteiger partial charge in [-0.05, 0) is 44.0 Å². The minimum Gasteiger partial charge on any atom is -0.495 e. The molecule has 0 fully saturated rings. The van der Waals surface area contributed by atoms with Crippen LogP contribution in [-0.4, -0.2) is 16.7 Å². The van der Waals surface area contributed by atoms with Crippen molar-refractivity contribution < 1.29 is 4.74 Å². The van der Waals surface area contributed by atoms with Gasteiger partial charge < -0.3 is 4.74 Å². The van der Waals surface area contributed by atoms with Crippen LogP contribution in [-0.2, 0) is 0 Å². The quantitative estimate of drug-likeness (QED) is 0.843. The molecular formula is C10H8Br2N2O. The molecule has 5 heteroatoms. The van der Waals surface area contributed by atoms with E-state index in [-0.39, 0.29) is 0 Å². The van der Waals surface area contributed by atoms with Crippen LogP contribution in [0.15, 0.2) is 39.8 Å². The molecule has 78 valence electrons. The fraction of sp³-hybridized carbons (Fsp3) is 0.100. The van der Waals surface area contributed by atoms with Gasteiger partial charge in [0.05, 0.1) is 19.0 Å². The molecule has 0 saturated carbocycles. The molecule has 1 aromatic heterocycles. The van der Waals surface area contributed by atoms with Gasteiger partial charge >= 0.3 is 0 Å². The van der Waals surface area contributed by atoms with Crippen molar-refractivity contribution in [1.29, 1.82) is 0 Å². The molecule has 1 aromatic carbocycles. The molecule has 2 rings (SSSR count). The lowest BCUT2D eigenvalue weighted by Crippen LogP contribution is -1.98. The Hall–Kier alpha value is -0.810. The molecule has 0 unspecified atom stereocenters. The van der Waals surface area contributed by atoms with Crippen LogP contribution in [0.5, 0.6) is 5.75 Å². The second kappa shape index (κ2) is 4.37. The highest BCUT2D eigenvalue weighted by Crippen LogP contribution is 2.29. The summed E-state index contributed by atoms with van der Waals surface area (Å²) in [7, 11) is 1.65. The second-order valence-electron chi connectivity index (χ2n) is 2.86. The number of para-hydroxylation sites is 2. The summed E-state index contributed by atoms with van der Waals surface area (Å²) >= 11 is 6.82. The third-order valence-corrected chi connectivity index (χ3v) is 3.12. The second-order valence-corrected chi connectivity index (χ2v) is 4.38. The maximum Gasteiger partial charge on any atom is 0.182 e. The summed E-state index contributed by atoms with van der Waals surface area (Å²) in [5, 5.41) is 0. The fourth-order valence-electron chi connectivity index (χ4n) is 1.34. The van der Waals surface area contributed by atoms with Gasteiger partial charge in [0, 0.05) is 0 Å². The van der Waals surface area contributed by atoms with E-state index in [0.717, 1.165) is 20.8 Å². The van der Waals surface area contributed by atoms with Gasteiger partial charge in [-0.2, -0.15) is 0 Å². The number of halogens is 2. The van der Waals surface area contributed by atoms with Crippen molar-refractivity contribution in [3.63, 3.8) is 0 Å². The van der Waals surface area contributed by atoms with Gasteiger partial charge in [-0.1, -0.05) is 12.1 Å². The molecule has 0 atom stereocenters. The number of methoxy groups -OCH3 is 1. The molecule has 0 amide bonds. The lowest BCUT2D eigenvalue weighted by Gasteiger charge is -2.10. The Morgan fingerprint density at radius 1 is 1.27 bits per heavy atom. The molecule has 2 aromatic rings. The van der Waals surface area contributed by atoms with Crippen molar-refractivity contribution in [3.8, 4) is 11.4 Å². The zero-order valence-electron chi connectivity index (χ0n) is 7.95. The predicted molar refractivity (Wildman–Crippen MR) is 65.5 cm³/mol. The molecule has 0 saturated heterocycles. The third kappa shape index (κ3) is 1.94. The number of rotatable bonds is 2. The van der Waals surface area contributed by atoms with Gasteiger partial charge in [-0.25, -0.2) is 4.98 Å². The molecule has 0 aliphatic carbocycles. The van der Waals surface area contributed by atoms with Crippen molar-refractivity contribution >= 4 is 31.9 Å². The van der Waals surface area contributed by atoms with Gasteiger partial charge in [-0.15, -0.1) is 0 Å². The third-order valence-electron chi connectivity index (χ3n) is 2.00. The van der Waals surface area contributed by atoms with Gasteiger partial charge in [-0.3, -0.25) is 4.57 Å². The van der Waals surface area contributed by atoms with Crippen LogP contribution >= 0.6 is 31.9 Å². The van der Waals surface area contributed by atoms with Gasteiger partial charge in [0.25, 0.3) is 0 Å². The summed E-state index contributed by atoms with van der Waals surface area (Å²) in [6.07, 6.45) is 1.73. The highest BCUT2D eigenvalue weighted by Gasteiger charge is 2.11. The van der Waals surface area contributed by atoms with Crippen LogP contribution in [0.1, 0.15) is 0 Å². The SMILES string of the molecule is COc1ccccc1-n1c(Br)cnc1Br. The highest BCUT2D eigenvalue weighted by molar-refractivity contribution is 9.11. The van der Waals surface area contributed by atoms with E-state index < -0.39 is 0 Å². The van der Waals surface area contributed by atoms with Crippen LogP contribution in [0.2, 0.25) is 0 Å². The zero-order valence-corrected chi connectivity index (χ0v) is 11.1. The number of imidazole rings is 1. The molecule has 0 bridgehead atoms. The van der Waals surface area contributed by atoms with Crippen molar-refractivity contribution in [2.24, 2.45) is 0 Å². The van der Waals surface area contributed by atoms with E-state index in [9.17, 15) is 0 Å². The molecule has 1 heterocycles. The summed E-state index contributed by atoms with van der Waals surface area (Å²) in [6.45, 7) is 0. The average molecular weight is 332 g/mol. The topological polar surface area (TPSA) is 27.1 Å². The maximum absolute atomic E-state index is 5.29. The van der Waals surface area contributed by atoms with Crippen LogP contribution in [0.25, 0.3) is 5.69 Å². The van der Waals surface area contributed by atoms with Crippen molar-refractivity contribution in [3.05, 3.63) is 39.8 Å². The lowest BCUT2D eigenvalue weighted by atomic mass is 10.3. The zero-order chi connectivity index (χ0) is 10.8. The summed E-state index contributed by atoms with van der Waals surface area (Å²) in [4.78, 5) is 4.15. The van der Waals surface area contributed by atoms with Crippen LogP contribution in [0, 0.1) is 0 Å². The largest absolute Gasteiger partial charge is 0.495 e. The monoisotopic (exact) mass is 330 g/mol. The smallest absolute Gasteiger partial charge is 0.182 e. The molecule has 0 N–H and O–H groups in total. The van der Waals surface area contributed by atoms with Crippen molar-refractivity contribution in [2.75, 3.05) is 7.11 Å². The Balaban J connectivity index is 2.63. The van der Waals surface area contributed by atoms with Gasteiger partial charge in [0.15, 0.2) is 4.73 Å². The number of aromatic nitrogens is 2. The van der Waals surface area contributed by atoms with Gasteiger partial charge in [0.1, 0.15) is 10.4 Å². The highest BCUT2D eigenvalue weighted by atomic mass is 79.9. The average Bonchev–Trinajstić information content (AvgIpc) is 2.59. The molecule has 0 spiro atoms. The van der Waals surface area contributed by atoms with E-state index in [0.29, 0.717) is 0 Å². The molecule has 3 nitrogen and oxygen atoms in total. The Labute approximate surface area is 104 Å². The number of hydrogen-bond acceptors (Lipinski definition) is 2. The van der Waals surface area contributed by atoms with E-state index in [2.05, 4.69) is 36.8 Å². The first-order valence-corrected chi connectivity index (χ1v) is 5.84. The summed E-state index contributed by atoms with van der Waals surface area (Å²) in [5.74, 6) is 0.803. The van der Waals surface area contributed by atoms with E-state index in [1.807, 2.05) is 28.8 Å². The summed E-state index contributed by atoms with van der Waals surface area (Å²) in [6, 6.07) is 7.77. The molecule has 15 heavy (non-hydrogen) atoms. The Morgan fingerprint density at radius 3 is 2.60 bits per heavy atom. The molecular weight excluding hydrogens is 324 g/mol. The lowest BCUT2D eigenvalue weighted by molar-refractivity contribution is 0.412. The van der Waals surface area contributed by atoms with E-state index in [1.165, 1.54) is 0 Å². The molecule has 0 aliphatic rings. The minimum atomic E-state index is 0.735. The number of nitrogens with zero attached hydrogens (tertiary/aromatic N) is 2. The number of benzene rings is 1. The first-order valence-electron chi connectivity index (χ1n) is 4.26. The first-order chi connectivity index (χ1) is 7.24. The molecule has 0 aliphatic heterocycles. The Bertz CT molecular complexity index is 463. The fourth-order valence-corrected chi connectivity index (χ4v) is 2.52. The van der Waals surface area contributed by atoms with E-state index in [1.54, 1.807) is 13.3 Å². The van der Waals surface area contributed by atoms with E-state index >= 15 is 0 Å². The Kier molecular flexibility index (Phi) is 3.11. The summed E-state index contributed by atoms with van der Waals surface area (Å²) < 4.78 is 8.81. The Morgan fingerprint density at radius 2 is 2.00 bits per heavy atom. The maximum atomic E-state index is 5.29. The normalized spacial score (nSPS) is 10.3. The van der Waals surface area contributed by atoms with Crippen LogP contribution < -0.4 is 4.74 Å². The van der Waals surface area contributed by atoms with Crippen molar-refractivity contribution in [1.82, 2.24) is 9.55 Å².